The number of aliphatic hydroxyl groups excluding tert-OH is 1. The zero-order valence-electron chi connectivity index (χ0n) is 11.4. The summed E-state index contributed by atoms with van der Waals surface area (Å²) in [6.45, 7) is 6.90. The molecule has 1 N–H and O–H groups in total. The molecule has 6 atom stereocenters. The number of fused-ring (bicyclic) bond motifs is 6. The van der Waals surface area contributed by atoms with Crippen LogP contribution in [-0.2, 0) is 9.53 Å². The minimum absolute atomic E-state index is 0.00957. The van der Waals surface area contributed by atoms with Gasteiger partial charge in [0.25, 0.3) is 0 Å². The van der Waals surface area contributed by atoms with Crippen LogP contribution < -0.4 is 0 Å². The maximum Gasteiger partial charge on any atom is 0.131 e. The average Bonchev–Trinajstić information content (AvgIpc) is 3.15. The Labute approximate surface area is 108 Å². The van der Waals surface area contributed by atoms with E-state index < -0.39 is 5.60 Å². The Morgan fingerprint density at radius 2 is 2.06 bits per heavy atom. The van der Waals surface area contributed by atoms with E-state index in [1.165, 1.54) is 12.8 Å². The third-order valence-electron chi connectivity index (χ3n) is 6.76. The zero-order valence-corrected chi connectivity index (χ0v) is 11.4. The van der Waals surface area contributed by atoms with Gasteiger partial charge in [0.15, 0.2) is 0 Å². The van der Waals surface area contributed by atoms with Crippen LogP contribution in [0.15, 0.2) is 0 Å². The van der Waals surface area contributed by atoms with Gasteiger partial charge < -0.3 is 14.6 Å². The summed E-state index contributed by atoms with van der Waals surface area (Å²) in [7, 11) is 0. The Hall–Kier alpha value is -0.410. The molecule has 0 unspecified atom stereocenters. The molecule has 0 bridgehead atoms. The van der Waals surface area contributed by atoms with Crippen LogP contribution in [0.3, 0.4) is 0 Å². The van der Waals surface area contributed by atoms with Gasteiger partial charge in [0.1, 0.15) is 11.9 Å². The summed E-state index contributed by atoms with van der Waals surface area (Å²) in [5.41, 5.74) is -0.484. The van der Waals surface area contributed by atoms with Crippen molar-refractivity contribution in [1.29, 1.82) is 0 Å². The number of carbonyl (C=O) groups is 1. The molecule has 1 heterocycles. The molecule has 1 saturated heterocycles. The molecule has 4 rings (SSSR count). The van der Waals surface area contributed by atoms with Gasteiger partial charge >= 0.3 is 0 Å². The molecule has 0 aromatic rings. The van der Waals surface area contributed by atoms with Gasteiger partial charge in [-0.25, -0.2) is 0 Å². The highest BCUT2D eigenvalue weighted by Gasteiger charge is 2.90. The second-order valence-electron chi connectivity index (χ2n) is 8.11. The summed E-state index contributed by atoms with van der Waals surface area (Å²) >= 11 is 0. The molecule has 0 amide bonds. The molecule has 4 fully saturated rings. The molecule has 3 saturated carbocycles. The van der Waals surface area contributed by atoms with Crippen LogP contribution in [0, 0.1) is 28.1 Å². The fourth-order valence-corrected chi connectivity index (χ4v) is 5.79. The van der Waals surface area contributed by atoms with Crippen molar-refractivity contribution in [3.05, 3.63) is 0 Å². The summed E-state index contributed by atoms with van der Waals surface area (Å²) < 4.78 is 5.95. The van der Waals surface area contributed by atoms with Crippen LogP contribution in [0.1, 0.15) is 40.0 Å². The summed E-state index contributed by atoms with van der Waals surface area (Å²) in [6, 6.07) is 0. The van der Waals surface area contributed by atoms with Crippen molar-refractivity contribution < 1.29 is 14.6 Å². The Bertz CT molecular complexity index is 445. The van der Waals surface area contributed by atoms with Gasteiger partial charge in [-0.1, -0.05) is 20.8 Å². The van der Waals surface area contributed by atoms with E-state index in [9.17, 15) is 9.90 Å². The molecular formula is C15H22O3. The first kappa shape index (κ1) is 11.4. The molecule has 100 valence electrons. The van der Waals surface area contributed by atoms with Crippen molar-refractivity contribution in [3.8, 4) is 0 Å². The summed E-state index contributed by atoms with van der Waals surface area (Å²) in [4.78, 5) is 11.7. The number of rotatable bonds is 2. The zero-order chi connectivity index (χ0) is 13.0. The van der Waals surface area contributed by atoms with E-state index in [-0.39, 0.29) is 23.5 Å². The third-order valence-corrected chi connectivity index (χ3v) is 6.76. The second-order valence-corrected chi connectivity index (χ2v) is 8.11. The lowest BCUT2D eigenvalue weighted by molar-refractivity contribution is -0.118. The first-order chi connectivity index (χ1) is 8.36. The van der Waals surface area contributed by atoms with E-state index in [2.05, 4.69) is 20.8 Å². The number of carbonyl (C=O) groups excluding carboxylic acids is 1. The summed E-state index contributed by atoms with van der Waals surface area (Å²) in [6.07, 6.45) is 4.53. The first-order valence-electron chi connectivity index (χ1n) is 7.11. The maximum atomic E-state index is 11.7. The highest BCUT2D eigenvalue weighted by atomic mass is 16.6. The molecule has 0 aromatic carbocycles. The molecule has 4 aliphatic rings. The highest BCUT2D eigenvalue weighted by molar-refractivity contribution is 5.72. The molecule has 0 radical (unpaired) electrons. The van der Waals surface area contributed by atoms with Crippen molar-refractivity contribution >= 4 is 6.29 Å². The number of hydrogen-bond donors (Lipinski definition) is 1. The number of aliphatic hydroxyl groups is 1. The van der Waals surface area contributed by atoms with E-state index in [1.54, 1.807) is 0 Å². The van der Waals surface area contributed by atoms with Crippen molar-refractivity contribution in [2.75, 3.05) is 6.61 Å². The lowest BCUT2D eigenvalue weighted by atomic mass is 9.64. The Morgan fingerprint density at radius 1 is 1.33 bits per heavy atom. The van der Waals surface area contributed by atoms with Gasteiger partial charge in [0, 0.05) is 0 Å². The van der Waals surface area contributed by atoms with Crippen molar-refractivity contribution in [3.63, 3.8) is 0 Å². The van der Waals surface area contributed by atoms with Crippen LogP contribution in [0.2, 0.25) is 0 Å². The quantitative estimate of drug-likeness (QED) is 0.600. The monoisotopic (exact) mass is 250 g/mol. The predicted molar refractivity (Wildman–Crippen MR) is 65.9 cm³/mol. The SMILES string of the molecule is CC1(C)C[C@H]2[C@H]3O[C@@]3(CO)[C@]3(C=O)C[C@]3(C)[C@H]2C1. The van der Waals surface area contributed by atoms with Crippen LogP contribution in [-0.4, -0.2) is 29.7 Å². The number of epoxide rings is 1. The van der Waals surface area contributed by atoms with Gasteiger partial charge in [0.2, 0.25) is 0 Å². The number of ether oxygens (including phenoxy) is 1. The average molecular weight is 250 g/mol. The minimum atomic E-state index is -0.523. The molecule has 0 spiro atoms. The predicted octanol–water partition coefficient (Wildman–Crippen LogP) is 1.78. The van der Waals surface area contributed by atoms with Crippen molar-refractivity contribution in [2.24, 2.45) is 28.1 Å². The van der Waals surface area contributed by atoms with Gasteiger partial charge in [-0.3, -0.25) is 0 Å². The van der Waals surface area contributed by atoms with Crippen molar-refractivity contribution in [1.82, 2.24) is 0 Å². The lowest BCUT2D eigenvalue weighted by Gasteiger charge is -2.36. The Morgan fingerprint density at radius 3 is 2.67 bits per heavy atom. The second kappa shape index (κ2) is 2.71. The van der Waals surface area contributed by atoms with E-state index in [4.69, 9.17) is 4.74 Å². The highest BCUT2D eigenvalue weighted by Crippen LogP contribution is 2.84. The number of hydrogen-bond acceptors (Lipinski definition) is 3. The molecule has 3 nitrogen and oxygen atoms in total. The Balaban J connectivity index is 1.80. The first-order valence-corrected chi connectivity index (χ1v) is 7.11. The Kier molecular flexibility index (Phi) is 1.72. The fourth-order valence-electron chi connectivity index (χ4n) is 5.79. The maximum absolute atomic E-state index is 11.7. The molecule has 18 heavy (non-hydrogen) atoms. The van der Waals surface area contributed by atoms with Gasteiger partial charge in [0.05, 0.1) is 18.1 Å². The normalized spacial score (nSPS) is 62.6. The largest absolute Gasteiger partial charge is 0.393 e. The molecule has 0 aromatic heterocycles. The third kappa shape index (κ3) is 0.904. The van der Waals surface area contributed by atoms with Crippen LogP contribution in [0.4, 0.5) is 0 Å². The van der Waals surface area contributed by atoms with Gasteiger partial charge in [-0.05, 0) is 41.9 Å². The topological polar surface area (TPSA) is 49.8 Å². The number of aldehydes is 1. The van der Waals surface area contributed by atoms with Crippen LogP contribution >= 0.6 is 0 Å². The molecule has 1 aliphatic heterocycles. The molecular weight excluding hydrogens is 228 g/mol. The van der Waals surface area contributed by atoms with E-state index in [0.717, 1.165) is 12.7 Å². The standard InChI is InChI=1S/C15H22O3/c1-12(2)4-9-10(5-12)13(3)6-14(13,7-16)15(8-17)11(9)18-15/h7,9-11,17H,4-6,8H2,1-3H3/t9-,10+,11-,13-,14+,15-/m1/s1. The smallest absolute Gasteiger partial charge is 0.131 e. The fraction of sp³-hybridized carbons (Fsp3) is 0.933. The van der Waals surface area contributed by atoms with Gasteiger partial charge in [-0.2, -0.15) is 0 Å². The molecule has 3 aliphatic carbocycles. The molecule has 3 heteroatoms. The van der Waals surface area contributed by atoms with Gasteiger partial charge in [-0.15, -0.1) is 0 Å². The minimum Gasteiger partial charge on any atom is -0.393 e. The van der Waals surface area contributed by atoms with E-state index in [1.807, 2.05) is 0 Å². The van der Waals surface area contributed by atoms with Crippen LogP contribution in [0.5, 0.6) is 0 Å². The van der Waals surface area contributed by atoms with Crippen LogP contribution in [0.25, 0.3) is 0 Å². The van der Waals surface area contributed by atoms with Crippen molar-refractivity contribution in [2.45, 2.75) is 51.7 Å². The lowest BCUT2D eigenvalue weighted by Crippen LogP contribution is -2.46. The van der Waals surface area contributed by atoms with E-state index >= 15 is 0 Å². The summed E-state index contributed by atoms with van der Waals surface area (Å²) in [5, 5.41) is 9.77. The van der Waals surface area contributed by atoms with E-state index in [0.29, 0.717) is 17.3 Å². The summed E-state index contributed by atoms with van der Waals surface area (Å²) in [5.74, 6) is 1.15.